The minimum absolute atomic E-state index is 0.114. The first-order chi connectivity index (χ1) is 12.7. The molecule has 0 amide bonds. The van der Waals surface area contributed by atoms with E-state index in [-0.39, 0.29) is 16.3 Å². The number of carbonyl (C=O) groups excluding carboxylic acids is 1. The minimum Gasteiger partial charge on any atom is -0.294 e. The number of Topliss-reactive ketones (excluding diaryl/α,β-unsaturated/α-hetero) is 1. The highest BCUT2D eigenvalue weighted by Gasteiger charge is 2.26. The molecule has 0 atom stereocenters. The van der Waals surface area contributed by atoms with Crippen molar-refractivity contribution in [3.05, 3.63) is 46.2 Å². The molecular weight excluding hydrogens is 430 g/mol. The molecule has 4 rings (SSSR count). The topological polar surface area (TPSA) is 81.4 Å². The Kier molecular flexibility index (Phi) is 4.43. The van der Waals surface area contributed by atoms with Gasteiger partial charge in [-0.05, 0) is 59.3 Å². The van der Waals surface area contributed by atoms with Gasteiger partial charge in [0.25, 0.3) is 0 Å². The zero-order valence-corrected chi connectivity index (χ0v) is 17.3. The molecule has 0 bridgehead atoms. The number of sulfone groups is 1. The van der Waals surface area contributed by atoms with E-state index in [0.29, 0.717) is 22.6 Å². The van der Waals surface area contributed by atoms with Gasteiger partial charge in [-0.1, -0.05) is 12.1 Å². The third-order valence-corrected chi connectivity index (χ3v) is 6.28. The fraction of sp³-hybridized carbons (Fsp3) is 0.316. The highest BCUT2D eigenvalue weighted by Crippen LogP contribution is 2.34. The van der Waals surface area contributed by atoms with Gasteiger partial charge in [0.2, 0.25) is 0 Å². The summed E-state index contributed by atoms with van der Waals surface area (Å²) in [7, 11) is -3.45. The summed E-state index contributed by atoms with van der Waals surface area (Å²) >= 11 is 3.27. The maximum atomic E-state index is 12.4. The van der Waals surface area contributed by atoms with Crippen LogP contribution in [0.2, 0.25) is 0 Å². The predicted molar refractivity (Wildman–Crippen MR) is 106 cm³/mol. The second-order valence-corrected chi connectivity index (χ2v) is 9.88. The van der Waals surface area contributed by atoms with Crippen molar-refractivity contribution in [1.29, 1.82) is 0 Å². The average molecular weight is 448 g/mol. The van der Waals surface area contributed by atoms with Crippen molar-refractivity contribution >= 4 is 37.2 Å². The molecule has 1 aliphatic rings. The van der Waals surface area contributed by atoms with Crippen LogP contribution < -0.4 is 0 Å². The summed E-state index contributed by atoms with van der Waals surface area (Å²) < 4.78 is 26.1. The number of aryl methyl sites for hydroxylation is 1. The molecule has 140 valence electrons. The number of halogens is 1. The van der Waals surface area contributed by atoms with Gasteiger partial charge in [-0.2, -0.15) is 5.10 Å². The highest BCUT2D eigenvalue weighted by molar-refractivity contribution is 9.10. The molecule has 0 radical (unpaired) electrons. The zero-order valence-electron chi connectivity index (χ0n) is 14.9. The molecule has 3 aromatic rings. The van der Waals surface area contributed by atoms with Gasteiger partial charge in [-0.3, -0.25) is 4.79 Å². The van der Waals surface area contributed by atoms with E-state index in [1.807, 2.05) is 25.1 Å². The number of carbonyl (C=O) groups is 1. The van der Waals surface area contributed by atoms with E-state index in [0.717, 1.165) is 35.8 Å². The van der Waals surface area contributed by atoms with Crippen molar-refractivity contribution in [2.75, 3.05) is 6.26 Å². The SMILES string of the molecule is Cc1cc(-c2cnc3c(S(C)(=O)=O)cc(Br)nn23)ccc1C(=O)CC1CC1. The summed E-state index contributed by atoms with van der Waals surface area (Å²) in [6, 6.07) is 7.07. The number of benzene rings is 1. The van der Waals surface area contributed by atoms with Gasteiger partial charge >= 0.3 is 0 Å². The van der Waals surface area contributed by atoms with Crippen LogP contribution in [0.1, 0.15) is 35.2 Å². The van der Waals surface area contributed by atoms with E-state index < -0.39 is 9.84 Å². The van der Waals surface area contributed by atoms with Crippen molar-refractivity contribution in [2.45, 2.75) is 31.1 Å². The van der Waals surface area contributed by atoms with Crippen LogP contribution in [0, 0.1) is 12.8 Å². The Morgan fingerprint density at radius 2 is 2.04 bits per heavy atom. The quantitative estimate of drug-likeness (QED) is 0.554. The second kappa shape index (κ2) is 6.53. The van der Waals surface area contributed by atoms with Crippen LogP contribution in [0.5, 0.6) is 0 Å². The van der Waals surface area contributed by atoms with Gasteiger partial charge < -0.3 is 0 Å². The van der Waals surface area contributed by atoms with E-state index in [2.05, 4.69) is 26.0 Å². The third-order valence-electron chi connectivity index (χ3n) is 4.80. The number of nitrogens with zero attached hydrogens (tertiary/aromatic N) is 3. The van der Waals surface area contributed by atoms with Gasteiger partial charge in [-0.15, -0.1) is 0 Å². The minimum atomic E-state index is -3.45. The Morgan fingerprint density at radius 1 is 1.30 bits per heavy atom. The van der Waals surface area contributed by atoms with E-state index in [1.54, 1.807) is 6.20 Å². The highest BCUT2D eigenvalue weighted by atomic mass is 79.9. The van der Waals surface area contributed by atoms with E-state index in [4.69, 9.17) is 0 Å². The molecule has 1 fully saturated rings. The Morgan fingerprint density at radius 3 is 2.67 bits per heavy atom. The number of hydrogen-bond acceptors (Lipinski definition) is 5. The number of aromatic nitrogens is 3. The molecule has 27 heavy (non-hydrogen) atoms. The van der Waals surface area contributed by atoms with E-state index in [1.165, 1.54) is 10.6 Å². The predicted octanol–water partition coefficient (Wildman–Crippen LogP) is 3.85. The maximum Gasteiger partial charge on any atom is 0.179 e. The van der Waals surface area contributed by atoms with Gasteiger partial charge in [0.15, 0.2) is 21.3 Å². The van der Waals surface area contributed by atoms with Gasteiger partial charge in [0, 0.05) is 23.8 Å². The lowest BCUT2D eigenvalue weighted by molar-refractivity contribution is 0.0975. The monoisotopic (exact) mass is 447 g/mol. The molecule has 2 heterocycles. The summed E-state index contributed by atoms with van der Waals surface area (Å²) in [6.45, 7) is 1.91. The van der Waals surface area contributed by atoms with Gasteiger partial charge in [-0.25, -0.2) is 17.9 Å². The molecule has 8 heteroatoms. The summed E-state index contributed by atoms with van der Waals surface area (Å²) in [4.78, 5) is 16.8. The first-order valence-corrected chi connectivity index (χ1v) is 11.3. The average Bonchev–Trinajstić information content (AvgIpc) is 3.29. The summed E-state index contributed by atoms with van der Waals surface area (Å²) in [5.74, 6) is 0.728. The van der Waals surface area contributed by atoms with Crippen molar-refractivity contribution in [3.63, 3.8) is 0 Å². The third kappa shape index (κ3) is 3.55. The number of rotatable bonds is 5. The van der Waals surface area contributed by atoms with Gasteiger partial charge in [0.05, 0.1) is 11.9 Å². The Bertz CT molecular complexity index is 1180. The van der Waals surface area contributed by atoms with Crippen LogP contribution in [0.4, 0.5) is 0 Å². The van der Waals surface area contributed by atoms with Crippen LogP contribution >= 0.6 is 15.9 Å². The first-order valence-electron chi connectivity index (χ1n) is 8.62. The maximum absolute atomic E-state index is 12.4. The second-order valence-electron chi connectivity index (χ2n) is 7.08. The standard InChI is InChI=1S/C19H18BrN3O3S/c1-11-7-13(5-6-14(11)16(24)8-12-3-4-12)15-10-21-19-17(27(2,25)26)9-18(20)22-23(15)19/h5-7,9-10,12H,3-4,8H2,1-2H3. The molecular formula is C19H18BrN3O3S. The molecule has 6 nitrogen and oxygen atoms in total. The van der Waals surface area contributed by atoms with Crippen LogP contribution in [0.15, 0.2) is 40.0 Å². The summed E-state index contributed by atoms with van der Waals surface area (Å²) in [5, 5.41) is 4.36. The smallest absolute Gasteiger partial charge is 0.179 e. The lowest BCUT2D eigenvalue weighted by atomic mass is 9.98. The normalized spacial score (nSPS) is 14.6. The van der Waals surface area contributed by atoms with Crippen molar-refractivity contribution < 1.29 is 13.2 Å². The van der Waals surface area contributed by atoms with Crippen LogP contribution in [-0.4, -0.2) is 35.1 Å². The number of imidazole rings is 1. The molecule has 0 spiro atoms. The molecule has 1 aromatic carbocycles. The number of hydrogen-bond donors (Lipinski definition) is 0. The zero-order chi connectivity index (χ0) is 19.3. The summed E-state index contributed by atoms with van der Waals surface area (Å²) in [6.07, 6.45) is 5.65. The van der Waals surface area contributed by atoms with Crippen molar-refractivity contribution in [2.24, 2.45) is 5.92 Å². The molecule has 1 aliphatic carbocycles. The van der Waals surface area contributed by atoms with Gasteiger partial charge in [0.1, 0.15) is 9.50 Å². The lowest BCUT2D eigenvalue weighted by Crippen LogP contribution is -2.05. The molecule has 1 saturated carbocycles. The van der Waals surface area contributed by atoms with Crippen LogP contribution in [-0.2, 0) is 9.84 Å². The number of ketones is 1. The largest absolute Gasteiger partial charge is 0.294 e. The Hall–Kier alpha value is -2.06. The summed E-state index contributed by atoms with van der Waals surface area (Å²) in [5.41, 5.74) is 3.41. The lowest BCUT2D eigenvalue weighted by Gasteiger charge is -2.08. The fourth-order valence-corrected chi connectivity index (χ4v) is 4.55. The first kappa shape index (κ1) is 18.3. The van der Waals surface area contributed by atoms with E-state index in [9.17, 15) is 13.2 Å². The van der Waals surface area contributed by atoms with Crippen molar-refractivity contribution in [1.82, 2.24) is 14.6 Å². The van der Waals surface area contributed by atoms with Crippen molar-refractivity contribution in [3.8, 4) is 11.3 Å². The number of fused-ring (bicyclic) bond motifs is 1. The molecule has 2 aromatic heterocycles. The van der Waals surface area contributed by atoms with Crippen LogP contribution in [0.25, 0.3) is 16.9 Å². The molecule has 0 saturated heterocycles. The van der Waals surface area contributed by atoms with E-state index >= 15 is 0 Å². The fourth-order valence-electron chi connectivity index (χ4n) is 3.21. The molecule has 0 N–H and O–H groups in total. The molecule has 0 unspecified atom stereocenters. The Labute approximate surface area is 165 Å². The molecule has 0 aliphatic heterocycles. The Balaban J connectivity index is 1.80. The van der Waals surface area contributed by atoms with Crippen LogP contribution in [0.3, 0.4) is 0 Å².